The average molecular weight is 1140 g/mol. The van der Waals surface area contributed by atoms with Crippen molar-refractivity contribution in [2.24, 2.45) is 11.7 Å². The number of aromatic nitrogens is 3. The molecule has 20 nitrogen and oxygen atoms in total. The molecule has 7 N–H and O–H groups in total. The predicted molar refractivity (Wildman–Crippen MR) is 314 cm³/mol. The Balaban J connectivity index is 0. The molecule has 20 heteroatoms. The van der Waals surface area contributed by atoms with Gasteiger partial charge in [0.05, 0.1) is 111 Å². The first-order valence-corrected chi connectivity index (χ1v) is 30.7. The van der Waals surface area contributed by atoms with Crippen LogP contribution in [-0.4, -0.2) is 179 Å². The molecule has 0 aromatic carbocycles. The third-order valence-corrected chi connectivity index (χ3v) is 12.4. The highest BCUT2D eigenvalue weighted by Gasteiger charge is 2.19. The van der Waals surface area contributed by atoms with Crippen molar-refractivity contribution in [1.29, 1.82) is 0 Å². The zero-order chi connectivity index (χ0) is 58.9. The fraction of sp³-hybridized carbons (Fsp3) is 0.867. The molecule has 1 heterocycles. The molecular formula is C60H114N6O14. The zero-order valence-corrected chi connectivity index (χ0v) is 50.1. The fourth-order valence-electron chi connectivity index (χ4n) is 7.98. The Kier molecular flexibility index (Phi) is 64.9. The minimum Gasteiger partial charge on any atom is -0.465 e. The summed E-state index contributed by atoms with van der Waals surface area (Å²) in [5, 5.41) is 39.4. The van der Waals surface area contributed by atoms with Crippen LogP contribution >= 0.6 is 0 Å². The molecule has 0 radical (unpaired) electrons. The third kappa shape index (κ3) is 62.0. The lowest BCUT2D eigenvalue weighted by atomic mass is 9.99. The highest BCUT2D eigenvalue weighted by molar-refractivity contribution is 5.78. The van der Waals surface area contributed by atoms with E-state index in [1.54, 1.807) is 4.68 Å². The molecule has 2 amide bonds. The van der Waals surface area contributed by atoms with Gasteiger partial charge in [-0.15, -0.1) is 17.4 Å². The lowest BCUT2D eigenvalue weighted by Gasteiger charge is -2.16. The third-order valence-electron chi connectivity index (χ3n) is 12.4. The number of hydrogen-bond acceptors (Lipinski definition) is 17. The first-order chi connectivity index (χ1) is 39.2. The second-order valence-electron chi connectivity index (χ2n) is 19.8. The van der Waals surface area contributed by atoms with Crippen LogP contribution < -0.4 is 16.4 Å². The highest BCUT2D eigenvalue weighted by atomic mass is 16.5. The molecular weight excluding hydrogens is 1030 g/mol. The van der Waals surface area contributed by atoms with Crippen molar-refractivity contribution in [3.05, 3.63) is 11.9 Å². The SMILES string of the molecule is C#CCCC(=O)NCCOCCOCCO.CCCCCCCCCCCCCC(=O)CC(COC(=O)CCCCCCCCCCCCC)Cn1cc(CCC(=O)NCCOCCOCCO)nn1.NCCOCCOCCO. The number of nitrogens with one attached hydrogen (secondary N) is 2. The summed E-state index contributed by atoms with van der Waals surface area (Å²) < 4.78 is 38.0. The van der Waals surface area contributed by atoms with E-state index in [1.165, 1.54) is 109 Å². The van der Waals surface area contributed by atoms with Gasteiger partial charge in [-0.05, 0) is 12.8 Å². The number of aryl methyl sites for hydroxylation is 1. The second-order valence-corrected chi connectivity index (χ2v) is 19.8. The molecule has 0 aliphatic carbocycles. The summed E-state index contributed by atoms with van der Waals surface area (Å²) in [5.41, 5.74) is 5.86. The monoisotopic (exact) mass is 1140 g/mol. The van der Waals surface area contributed by atoms with Crippen molar-refractivity contribution in [2.75, 3.05) is 125 Å². The number of nitrogens with zero attached hydrogens (tertiary/aromatic N) is 3. The van der Waals surface area contributed by atoms with Gasteiger partial charge in [0.25, 0.3) is 0 Å². The minimum absolute atomic E-state index is 0.0153. The number of Topliss-reactive ketones (excluding diaryl/α,β-unsaturated/α-hetero) is 1. The van der Waals surface area contributed by atoms with Crippen molar-refractivity contribution in [2.45, 2.75) is 207 Å². The van der Waals surface area contributed by atoms with Crippen LogP contribution in [0, 0.1) is 18.3 Å². The Bertz CT molecular complexity index is 1530. The van der Waals surface area contributed by atoms with Crippen LogP contribution in [0.25, 0.3) is 0 Å². The van der Waals surface area contributed by atoms with E-state index < -0.39 is 0 Å². The first kappa shape index (κ1) is 78.4. The number of terminal acetylenes is 1. The lowest BCUT2D eigenvalue weighted by molar-refractivity contribution is -0.146. The van der Waals surface area contributed by atoms with Gasteiger partial charge < -0.3 is 64.8 Å². The number of rotatable bonds is 58. The minimum atomic E-state index is -0.195. The van der Waals surface area contributed by atoms with Gasteiger partial charge in [-0.25, -0.2) is 0 Å². The average Bonchev–Trinajstić information content (AvgIpc) is 3.92. The smallest absolute Gasteiger partial charge is 0.305 e. The molecule has 0 aliphatic heterocycles. The van der Waals surface area contributed by atoms with Gasteiger partial charge >= 0.3 is 5.97 Å². The Labute approximate surface area is 483 Å². The van der Waals surface area contributed by atoms with Crippen LogP contribution in [0.3, 0.4) is 0 Å². The Morgan fingerprint density at radius 2 is 0.975 bits per heavy atom. The molecule has 80 heavy (non-hydrogen) atoms. The number of unbranched alkanes of at least 4 members (excludes halogenated alkanes) is 20. The summed E-state index contributed by atoms with van der Waals surface area (Å²) in [7, 11) is 0. The van der Waals surface area contributed by atoms with E-state index in [0.29, 0.717) is 143 Å². The molecule has 1 atom stereocenters. The van der Waals surface area contributed by atoms with E-state index in [9.17, 15) is 19.2 Å². The quantitative estimate of drug-likeness (QED) is 0.0211. The molecule has 1 rings (SSSR count). The number of carbonyl (C=O) groups is 4. The van der Waals surface area contributed by atoms with E-state index in [0.717, 1.165) is 32.1 Å². The molecule has 0 spiro atoms. The van der Waals surface area contributed by atoms with Gasteiger partial charge in [0, 0.05) is 83.2 Å². The molecule has 1 unspecified atom stereocenters. The summed E-state index contributed by atoms with van der Waals surface area (Å²) in [5.74, 6) is 2.07. The number of aliphatic hydroxyl groups excluding tert-OH is 3. The molecule has 1 aromatic heterocycles. The number of carbonyl (C=O) groups excluding carboxylic acids is 4. The number of amides is 2. The van der Waals surface area contributed by atoms with Gasteiger partial charge in [-0.2, -0.15) is 0 Å². The molecule has 0 fully saturated rings. The zero-order valence-electron chi connectivity index (χ0n) is 50.1. The number of hydrogen-bond donors (Lipinski definition) is 6. The summed E-state index contributed by atoms with van der Waals surface area (Å²) in [4.78, 5) is 49.1. The Morgan fingerprint density at radius 1 is 0.562 bits per heavy atom. The number of esters is 1. The number of nitrogens with two attached hydrogens (primary N) is 1. The van der Waals surface area contributed by atoms with Crippen molar-refractivity contribution in [1.82, 2.24) is 25.6 Å². The standard InChI is InChI=1S/C43H80N4O7.C11H19NO4.C6H15NO3/c1-3-5-7-9-11-13-15-17-19-21-23-25-41(49)35-39(38-54-43(51)26-24-22-20-18-16-14-12-10-8-6-4-2)36-47-37-40(45-46-47)27-28-42(50)44-29-31-52-33-34-53-32-30-48;1-2-3-4-11(14)12-5-7-15-9-10-16-8-6-13;7-1-3-9-5-6-10-4-2-8/h37,39,48H,3-36,38H2,1-2H3,(H,44,50);1,13H,3-10H2,(H,12,14);8H,1-7H2. The van der Waals surface area contributed by atoms with Gasteiger partial charge in [0.2, 0.25) is 11.8 Å². The van der Waals surface area contributed by atoms with Crippen LogP contribution in [0.5, 0.6) is 0 Å². The number of ketones is 1. The predicted octanol–water partition coefficient (Wildman–Crippen LogP) is 7.39. The highest BCUT2D eigenvalue weighted by Crippen LogP contribution is 2.17. The van der Waals surface area contributed by atoms with E-state index in [1.807, 2.05) is 6.20 Å². The summed E-state index contributed by atoms with van der Waals surface area (Å²) >= 11 is 0. The number of aliphatic hydroxyl groups is 3. The van der Waals surface area contributed by atoms with Gasteiger partial charge in [-0.3, -0.25) is 23.9 Å². The normalized spacial score (nSPS) is 11.3. The first-order valence-electron chi connectivity index (χ1n) is 30.7. The fourth-order valence-corrected chi connectivity index (χ4v) is 7.98. The van der Waals surface area contributed by atoms with Crippen LogP contribution in [0.1, 0.15) is 199 Å². The molecule has 0 saturated carbocycles. The largest absolute Gasteiger partial charge is 0.465 e. The Morgan fingerprint density at radius 3 is 1.41 bits per heavy atom. The van der Waals surface area contributed by atoms with Gasteiger partial charge in [-0.1, -0.05) is 147 Å². The Hall–Kier alpha value is -3.62. The van der Waals surface area contributed by atoms with Crippen LogP contribution in [0.2, 0.25) is 0 Å². The summed E-state index contributed by atoms with van der Waals surface area (Å²) in [6, 6.07) is 0. The van der Waals surface area contributed by atoms with Crippen LogP contribution in [-0.2, 0) is 65.3 Å². The lowest BCUT2D eigenvalue weighted by Crippen LogP contribution is -2.27. The second kappa shape index (κ2) is 66.2. The van der Waals surface area contributed by atoms with Crippen LogP contribution in [0.15, 0.2) is 6.20 Å². The van der Waals surface area contributed by atoms with Crippen molar-refractivity contribution in [3.8, 4) is 12.3 Å². The summed E-state index contributed by atoms with van der Waals surface area (Å²) in [6.45, 7) is 11.8. The van der Waals surface area contributed by atoms with E-state index in [-0.39, 0.29) is 68.9 Å². The van der Waals surface area contributed by atoms with E-state index >= 15 is 0 Å². The maximum absolute atomic E-state index is 13.0. The molecule has 468 valence electrons. The topological polar surface area (TPSA) is 274 Å². The van der Waals surface area contributed by atoms with Crippen molar-refractivity contribution >= 4 is 23.6 Å². The maximum atomic E-state index is 13.0. The van der Waals surface area contributed by atoms with E-state index in [4.69, 9.17) is 60.6 Å². The molecule has 0 aliphatic rings. The molecule has 0 saturated heterocycles. The van der Waals surface area contributed by atoms with Crippen LogP contribution in [0.4, 0.5) is 0 Å². The van der Waals surface area contributed by atoms with E-state index in [2.05, 4.69) is 40.7 Å². The van der Waals surface area contributed by atoms with Gasteiger partial charge in [0.15, 0.2) is 0 Å². The number of ether oxygens (including phenoxy) is 7. The van der Waals surface area contributed by atoms with Gasteiger partial charge in [0.1, 0.15) is 5.78 Å². The molecule has 1 aromatic rings. The molecule has 0 bridgehead atoms. The summed E-state index contributed by atoms with van der Waals surface area (Å²) in [6.07, 6.45) is 36.9. The van der Waals surface area contributed by atoms with Crippen molar-refractivity contribution < 1.29 is 67.7 Å². The van der Waals surface area contributed by atoms with Crippen molar-refractivity contribution in [3.63, 3.8) is 0 Å². The maximum Gasteiger partial charge on any atom is 0.305 e.